The Hall–Kier alpha value is -1.42. The normalized spacial score (nSPS) is 17.1. The lowest BCUT2D eigenvalue weighted by Crippen LogP contribution is -2.39. The Morgan fingerprint density at radius 2 is 2.10 bits per heavy atom. The van der Waals surface area contributed by atoms with Gasteiger partial charge in [-0.15, -0.1) is 0 Å². The number of aromatic nitrogens is 2. The molecular formula is C16H26N4. The zero-order chi connectivity index (χ0) is 14.5. The molecule has 4 nitrogen and oxygen atoms in total. The average Bonchev–Trinajstić information content (AvgIpc) is 2.39. The van der Waals surface area contributed by atoms with Crippen LogP contribution in [0.1, 0.15) is 38.2 Å². The standard InChI is InChI=1S/C16H26N4/c1-5-14-10-16(18-13(4)17-14)19-15-6-8-20(9-7-15)11-12(2)3/h10,15H,2,5-9,11H2,1,3-4H3,(H,17,18,19). The van der Waals surface area contributed by atoms with Crippen LogP contribution in [0, 0.1) is 6.92 Å². The second-order valence-corrected chi connectivity index (χ2v) is 5.80. The first kappa shape index (κ1) is 15.0. The van der Waals surface area contributed by atoms with Gasteiger partial charge in [0.05, 0.1) is 0 Å². The molecule has 1 aromatic rings. The SMILES string of the molecule is C=C(C)CN1CCC(Nc2cc(CC)nc(C)n2)CC1. The highest BCUT2D eigenvalue weighted by Crippen LogP contribution is 2.16. The molecule has 0 bridgehead atoms. The second-order valence-electron chi connectivity index (χ2n) is 5.80. The molecule has 0 amide bonds. The Balaban J connectivity index is 1.89. The van der Waals surface area contributed by atoms with Crippen LogP contribution in [-0.2, 0) is 6.42 Å². The van der Waals surface area contributed by atoms with Crippen molar-refractivity contribution in [2.45, 2.75) is 46.1 Å². The van der Waals surface area contributed by atoms with E-state index in [-0.39, 0.29) is 0 Å². The summed E-state index contributed by atoms with van der Waals surface area (Å²) in [5.41, 5.74) is 2.36. The molecule has 110 valence electrons. The van der Waals surface area contributed by atoms with Gasteiger partial charge in [0.25, 0.3) is 0 Å². The molecule has 1 saturated heterocycles. The maximum Gasteiger partial charge on any atom is 0.130 e. The van der Waals surface area contributed by atoms with E-state index >= 15 is 0 Å². The van der Waals surface area contributed by atoms with E-state index in [2.05, 4.69) is 46.7 Å². The van der Waals surface area contributed by atoms with Gasteiger partial charge in [-0.1, -0.05) is 19.1 Å². The summed E-state index contributed by atoms with van der Waals surface area (Å²) in [5, 5.41) is 3.57. The van der Waals surface area contributed by atoms with Gasteiger partial charge in [0.1, 0.15) is 11.6 Å². The van der Waals surface area contributed by atoms with E-state index in [1.165, 1.54) is 5.57 Å². The molecule has 0 radical (unpaired) electrons. The zero-order valence-corrected chi connectivity index (χ0v) is 12.9. The van der Waals surface area contributed by atoms with Crippen LogP contribution in [0.3, 0.4) is 0 Å². The van der Waals surface area contributed by atoms with Gasteiger partial charge < -0.3 is 5.32 Å². The molecule has 2 heterocycles. The summed E-state index contributed by atoms with van der Waals surface area (Å²) in [4.78, 5) is 11.4. The van der Waals surface area contributed by atoms with Crippen molar-refractivity contribution >= 4 is 5.82 Å². The first-order valence-corrected chi connectivity index (χ1v) is 7.54. The van der Waals surface area contributed by atoms with Crippen LogP contribution in [0.15, 0.2) is 18.2 Å². The molecule has 0 atom stereocenters. The number of anilines is 1. The molecular weight excluding hydrogens is 248 g/mol. The third-order valence-corrected chi connectivity index (χ3v) is 3.69. The Morgan fingerprint density at radius 1 is 1.40 bits per heavy atom. The van der Waals surface area contributed by atoms with Crippen LogP contribution in [0.25, 0.3) is 0 Å². The van der Waals surface area contributed by atoms with E-state index in [1.807, 2.05) is 6.92 Å². The minimum Gasteiger partial charge on any atom is -0.367 e. The quantitative estimate of drug-likeness (QED) is 0.838. The molecule has 0 unspecified atom stereocenters. The number of nitrogens with zero attached hydrogens (tertiary/aromatic N) is 3. The van der Waals surface area contributed by atoms with Crippen LogP contribution in [0.4, 0.5) is 5.82 Å². The first-order valence-electron chi connectivity index (χ1n) is 7.54. The summed E-state index contributed by atoms with van der Waals surface area (Å²) >= 11 is 0. The minimum absolute atomic E-state index is 0.523. The van der Waals surface area contributed by atoms with Gasteiger partial charge >= 0.3 is 0 Å². The fourth-order valence-corrected chi connectivity index (χ4v) is 2.71. The summed E-state index contributed by atoms with van der Waals surface area (Å²) in [5.74, 6) is 1.83. The number of rotatable bonds is 5. The molecule has 0 aliphatic carbocycles. The van der Waals surface area contributed by atoms with Crippen LogP contribution in [0.5, 0.6) is 0 Å². The topological polar surface area (TPSA) is 41.0 Å². The number of aryl methyl sites for hydroxylation is 2. The lowest BCUT2D eigenvalue weighted by Gasteiger charge is -2.32. The maximum absolute atomic E-state index is 4.49. The van der Waals surface area contributed by atoms with Crippen LogP contribution >= 0.6 is 0 Å². The van der Waals surface area contributed by atoms with E-state index in [4.69, 9.17) is 0 Å². The Morgan fingerprint density at radius 3 is 2.70 bits per heavy atom. The molecule has 4 heteroatoms. The number of nitrogens with one attached hydrogen (secondary N) is 1. The predicted octanol–water partition coefficient (Wildman–Crippen LogP) is 2.80. The Bertz CT molecular complexity index is 462. The fraction of sp³-hybridized carbons (Fsp3) is 0.625. The van der Waals surface area contributed by atoms with Crippen molar-refractivity contribution in [1.29, 1.82) is 0 Å². The number of hydrogen-bond donors (Lipinski definition) is 1. The lowest BCUT2D eigenvalue weighted by molar-refractivity contribution is 0.235. The van der Waals surface area contributed by atoms with Crippen molar-refractivity contribution in [3.05, 3.63) is 29.7 Å². The highest BCUT2D eigenvalue weighted by atomic mass is 15.1. The van der Waals surface area contributed by atoms with Crippen molar-refractivity contribution in [3.63, 3.8) is 0 Å². The smallest absolute Gasteiger partial charge is 0.130 e. The van der Waals surface area contributed by atoms with Gasteiger partial charge in [0.2, 0.25) is 0 Å². The molecule has 2 rings (SSSR count). The van der Waals surface area contributed by atoms with Crippen molar-refractivity contribution in [3.8, 4) is 0 Å². The summed E-state index contributed by atoms with van der Waals surface area (Å²) in [6.07, 6.45) is 3.28. The highest BCUT2D eigenvalue weighted by Gasteiger charge is 2.19. The third-order valence-electron chi connectivity index (χ3n) is 3.69. The largest absolute Gasteiger partial charge is 0.367 e. The van der Waals surface area contributed by atoms with E-state index in [9.17, 15) is 0 Å². The van der Waals surface area contributed by atoms with Gasteiger partial charge in [-0.2, -0.15) is 0 Å². The molecule has 0 saturated carbocycles. The monoisotopic (exact) mass is 274 g/mol. The van der Waals surface area contributed by atoms with Crippen molar-refractivity contribution in [1.82, 2.24) is 14.9 Å². The summed E-state index contributed by atoms with van der Waals surface area (Å²) in [7, 11) is 0. The van der Waals surface area contributed by atoms with Crippen molar-refractivity contribution in [2.75, 3.05) is 25.0 Å². The zero-order valence-electron chi connectivity index (χ0n) is 12.9. The van der Waals surface area contributed by atoms with E-state index in [0.29, 0.717) is 6.04 Å². The molecule has 1 aromatic heterocycles. The Labute approximate surface area is 122 Å². The van der Waals surface area contributed by atoms with Crippen LogP contribution < -0.4 is 5.32 Å². The molecule has 1 aliphatic heterocycles. The molecule has 0 spiro atoms. The molecule has 1 N–H and O–H groups in total. The highest BCUT2D eigenvalue weighted by molar-refractivity contribution is 5.37. The van der Waals surface area contributed by atoms with Crippen molar-refractivity contribution in [2.24, 2.45) is 0 Å². The second kappa shape index (κ2) is 6.84. The third kappa shape index (κ3) is 4.30. The first-order chi connectivity index (χ1) is 9.56. The van der Waals surface area contributed by atoms with Gasteiger partial charge in [0.15, 0.2) is 0 Å². The fourth-order valence-electron chi connectivity index (χ4n) is 2.71. The number of hydrogen-bond acceptors (Lipinski definition) is 4. The molecule has 1 fully saturated rings. The summed E-state index contributed by atoms with van der Waals surface area (Å²) in [6.45, 7) is 13.5. The van der Waals surface area contributed by atoms with Crippen LogP contribution in [0.2, 0.25) is 0 Å². The maximum atomic E-state index is 4.49. The minimum atomic E-state index is 0.523. The van der Waals surface area contributed by atoms with Gasteiger partial charge in [0, 0.05) is 37.4 Å². The number of likely N-dealkylation sites (tertiary alicyclic amines) is 1. The number of piperidine rings is 1. The van der Waals surface area contributed by atoms with Gasteiger partial charge in [-0.05, 0) is 33.1 Å². The Kier molecular flexibility index (Phi) is 5.12. The van der Waals surface area contributed by atoms with E-state index in [1.54, 1.807) is 0 Å². The van der Waals surface area contributed by atoms with Crippen LogP contribution in [-0.4, -0.2) is 40.5 Å². The van der Waals surface area contributed by atoms with E-state index in [0.717, 1.165) is 56.2 Å². The van der Waals surface area contributed by atoms with Crippen molar-refractivity contribution < 1.29 is 0 Å². The molecule has 1 aliphatic rings. The summed E-state index contributed by atoms with van der Waals surface area (Å²) in [6, 6.07) is 2.60. The predicted molar refractivity (Wildman–Crippen MR) is 84.0 cm³/mol. The lowest BCUT2D eigenvalue weighted by atomic mass is 10.0. The summed E-state index contributed by atoms with van der Waals surface area (Å²) < 4.78 is 0. The van der Waals surface area contributed by atoms with Gasteiger partial charge in [-0.25, -0.2) is 9.97 Å². The average molecular weight is 274 g/mol. The van der Waals surface area contributed by atoms with E-state index < -0.39 is 0 Å². The molecule has 20 heavy (non-hydrogen) atoms. The van der Waals surface area contributed by atoms with Gasteiger partial charge in [-0.3, -0.25) is 4.90 Å². The molecule has 0 aromatic carbocycles.